The second kappa shape index (κ2) is 10.0. The summed E-state index contributed by atoms with van der Waals surface area (Å²) in [4.78, 5) is 19.4. The van der Waals surface area contributed by atoms with Crippen molar-refractivity contribution in [3.05, 3.63) is 100 Å². The predicted molar refractivity (Wildman–Crippen MR) is 125 cm³/mol. The maximum Gasteiger partial charge on any atom is 0.336 e. The summed E-state index contributed by atoms with van der Waals surface area (Å²) < 4.78 is 24.9. The maximum atomic E-state index is 14.2. The van der Waals surface area contributed by atoms with E-state index in [2.05, 4.69) is 32.5 Å². The summed E-state index contributed by atoms with van der Waals surface area (Å²) in [5.41, 5.74) is 4.13. The molecule has 4 rings (SSSR count). The van der Waals surface area contributed by atoms with E-state index in [0.717, 1.165) is 12.2 Å². The molecule has 0 bridgehead atoms. The normalized spacial score (nSPS) is 16.1. The van der Waals surface area contributed by atoms with Crippen LogP contribution >= 0.6 is 0 Å². The van der Waals surface area contributed by atoms with Crippen molar-refractivity contribution in [2.75, 3.05) is 14.2 Å². The first-order chi connectivity index (χ1) is 16.4. The monoisotopic (exact) mass is 462 g/mol. The third-order valence-corrected chi connectivity index (χ3v) is 5.75. The lowest BCUT2D eigenvalue weighted by Crippen LogP contribution is -2.28. The van der Waals surface area contributed by atoms with E-state index in [1.54, 1.807) is 19.1 Å². The molecule has 0 amide bonds. The Morgan fingerprint density at radius 3 is 2.59 bits per heavy atom. The van der Waals surface area contributed by atoms with E-state index in [1.807, 2.05) is 32.2 Å². The van der Waals surface area contributed by atoms with Crippen molar-refractivity contribution < 1.29 is 18.4 Å². The fraction of sp³-hybridized carbons (Fsp3) is 0.269. The quantitative estimate of drug-likeness (QED) is 0.521. The highest BCUT2D eigenvalue weighted by molar-refractivity contribution is 5.96. The maximum absolute atomic E-state index is 14.2. The Morgan fingerprint density at radius 2 is 1.88 bits per heavy atom. The molecule has 0 aliphatic carbocycles. The number of carbonyl (C=O) groups is 1. The van der Waals surface area contributed by atoms with Crippen LogP contribution in [-0.4, -0.2) is 35.2 Å². The van der Waals surface area contributed by atoms with Crippen LogP contribution < -0.4 is 5.32 Å². The number of ether oxygens (including phenoxy) is 1. The molecule has 1 atom stereocenters. The fourth-order valence-corrected chi connectivity index (χ4v) is 4.30. The van der Waals surface area contributed by atoms with Crippen LogP contribution in [0.3, 0.4) is 0 Å². The van der Waals surface area contributed by atoms with Crippen molar-refractivity contribution >= 4 is 11.5 Å². The van der Waals surface area contributed by atoms with Gasteiger partial charge in [0.1, 0.15) is 5.82 Å². The number of nitrogens with zero attached hydrogens (tertiary/aromatic N) is 3. The van der Waals surface area contributed by atoms with Crippen molar-refractivity contribution in [2.45, 2.75) is 32.9 Å². The fourth-order valence-electron chi connectivity index (χ4n) is 4.30. The smallest absolute Gasteiger partial charge is 0.336 e. The Balaban J connectivity index is 1.67. The Bertz CT molecular complexity index is 1250. The number of hydrogen-bond acceptors (Lipinski definition) is 7. The van der Waals surface area contributed by atoms with Crippen LogP contribution in [0.4, 0.5) is 4.39 Å². The SMILES string of the molecule is COC(=O)C1=C(C)NC(C)=C(c2nc(CN(C)Cc3ccccc3)no2)C1c1cccc(F)c1. The number of hydrogen-bond donors (Lipinski definition) is 1. The Labute approximate surface area is 197 Å². The van der Waals surface area contributed by atoms with Crippen LogP contribution in [0, 0.1) is 5.82 Å². The Morgan fingerprint density at radius 1 is 1.12 bits per heavy atom. The van der Waals surface area contributed by atoms with E-state index >= 15 is 0 Å². The number of rotatable bonds is 7. The highest BCUT2D eigenvalue weighted by atomic mass is 19.1. The van der Waals surface area contributed by atoms with E-state index in [-0.39, 0.29) is 5.89 Å². The molecule has 1 unspecified atom stereocenters. The summed E-state index contributed by atoms with van der Waals surface area (Å²) in [5, 5.41) is 7.38. The highest BCUT2D eigenvalue weighted by Gasteiger charge is 2.37. The van der Waals surface area contributed by atoms with Crippen LogP contribution in [0.1, 0.15) is 42.6 Å². The van der Waals surface area contributed by atoms with Gasteiger partial charge in [-0.1, -0.05) is 47.6 Å². The first-order valence-corrected chi connectivity index (χ1v) is 10.9. The topological polar surface area (TPSA) is 80.5 Å². The number of aromatic nitrogens is 2. The number of halogens is 1. The zero-order chi connectivity index (χ0) is 24.2. The van der Waals surface area contributed by atoms with Gasteiger partial charge in [-0.25, -0.2) is 9.18 Å². The van der Waals surface area contributed by atoms with Crippen LogP contribution in [0.2, 0.25) is 0 Å². The van der Waals surface area contributed by atoms with Crippen molar-refractivity contribution in [1.82, 2.24) is 20.4 Å². The Kier molecular flexibility index (Phi) is 6.88. The lowest BCUT2D eigenvalue weighted by atomic mass is 9.80. The third kappa shape index (κ3) is 4.92. The molecule has 7 nitrogen and oxygen atoms in total. The van der Waals surface area contributed by atoms with Gasteiger partial charge in [0.05, 0.1) is 25.1 Å². The first-order valence-electron chi connectivity index (χ1n) is 10.9. The van der Waals surface area contributed by atoms with Crippen LogP contribution in [-0.2, 0) is 22.6 Å². The van der Waals surface area contributed by atoms with Gasteiger partial charge in [0.15, 0.2) is 5.82 Å². The molecule has 1 aliphatic heterocycles. The second-order valence-electron chi connectivity index (χ2n) is 8.36. The van der Waals surface area contributed by atoms with Gasteiger partial charge in [0.2, 0.25) is 0 Å². The van der Waals surface area contributed by atoms with Gasteiger partial charge in [-0.05, 0) is 44.2 Å². The number of dihydropyridines is 1. The number of esters is 1. The molecule has 0 spiro atoms. The molecule has 34 heavy (non-hydrogen) atoms. The van der Waals surface area contributed by atoms with E-state index in [4.69, 9.17) is 9.26 Å². The molecule has 0 saturated carbocycles. The number of allylic oxidation sites excluding steroid dienone is 3. The lowest BCUT2D eigenvalue weighted by Gasteiger charge is -2.29. The minimum atomic E-state index is -0.625. The molecule has 0 radical (unpaired) electrons. The van der Waals surface area contributed by atoms with Gasteiger partial charge in [0, 0.05) is 23.5 Å². The summed E-state index contributed by atoms with van der Waals surface area (Å²) in [6.07, 6.45) is 0. The molecule has 0 fully saturated rings. The number of carbonyl (C=O) groups excluding carboxylic acids is 1. The van der Waals surface area contributed by atoms with Crippen molar-refractivity contribution in [3.63, 3.8) is 0 Å². The molecule has 0 saturated heterocycles. The van der Waals surface area contributed by atoms with Crippen molar-refractivity contribution in [3.8, 4) is 0 Å². The minimum Gasteiger partial charge on any atom is -0.466 e. The number of nitrogens with one attached hydrogen (secondary N) is 1. The summed E-state index contributed by atoms with van der Waals surface area (Å²) in [5.74, 6) is -0.746. The zero-order valence-corrected chi connectivity index (χ0v) is 19.6. The van der Waals surface area contributed by atoms with Crippen molar-refractivity contribution in [1.29, 1.82) is 0 Å². The van der Waals surface area contributed by atoms with Crippen LogP contribution in [0.25, 0.3) is 5.57 Å². The molecule has 2 heterocycles. The molecular formula is C26H27FN4O3. The molecule has 176 valence electrons. The average molecular weight is 463 g/mol. The molecule has 1 N–H and O–H groups in total. The minimum absolute atomic E-state index is 0.274. The van der Waals surface area contributed by atoms with E-state index in [1.165, 1.54) is 24.8 Å². The molecular weight excluding hydrogens is 435 g/mol. The van der Waals surface area contributed by atoms with Gasteiger partial charge >= 0.3 is 5.97 Å². The predicted octanol–water partition coefficient (Wildman–Crippen LogP) is 4.41. The van der Waals surface area contributed by atoms with E-state index < -0.39 is 17.7 Å². The lowest BCUT2D eigenvalue weighted by molar-refractivity contribution is -0.136. The summed E-state index contributed by atoms with van der Waals surface area (Å²) in [6.45, 7) is 4.86. The third-order valence-electron chi connectivity index (χ3n) is 5.75. The van der Waals surface area contributed by atoms with Crippen LogP contribution in [0.15, 0.2) is 76.1 Å². The average Bonchev–Trinajstić information content (AvgIpc) is 3.26. The number of benzene rings is 2. The van der Waals surface area contributed by atoms with Gasteiger partial charge in [-0.2, -0.15) is 4.98 Å². The van der Waals surface area contributed by atoms with E-state index in [9.17, 15) is 9.18 Å². The molecule has 1 aliphatic rings. The zero-order valence-electron chi connectivity index (χ0n) is 19.6. The van der Waals surface area contributed by atoms with E-state index in [0.29, 0.717) is 34.8 Å². The van der Waals surface area contributed by atoms with Gasteiger partial charge in [-0.3, -0.25) is 4.90 Å². The van der Waals surface area contributed by atoms with Gasteiger partial charge < -0.3 is 14.6 Å². The summed E-state index contributed by atoms with van der Waals surface area (Å²) >= 11 is 0. The standard InChI is InChI=1S/C26H27FN4O3/c1-16-22(25-29-21(30-34-25)15-31(3)14-18-9-6-5-7-10-18)24(19-11-8-12-20(27)13-19)23(17(2)28-16)26(32)33-4/h5-13,24,28H,14-15H2,1-4H3. The largest absolute Gasteiger partial charge is 0.466 e. The second-order valence-corrected chi connectivity index (χ2v) is 8.36. The van der Waals surface area contributed by atoms with Crippen LogP contribution in [0.5, 0.6) is 0 Å². The highest BCUT2D eigenvalue weighted by Crippen LogP contribution is 2.43. The van der Waals surface area contributed by atoms with Gasteiger partial charge in [0.25, 0.3) is 5.89 Å². The molecule has 2 aromatic carbocycles. The molecule has 8 heteroatoms. The summed E-state index contributed by atoms with van der Waals surface area (Å²) in [6, 6.07) is 16.3. The Hall–Kier alpha value is -3.78. The first kappa shape index (κ1) is 23.4. The summed E-state index contributed by atoms with van der Waals surface area (Å²) in [7, 11) is 3.30. The van der Waals surface area contributed by atoms with Gasteiger partial charge in [-0.15, -0.1) is 0 Å². The van der Waals surface area contributed by atoms with Crippen molar-refractivity contribution in [2.24, 2.45) is 0 Å². The molecule has 1 aromatic heterocycles. The molecule has 3 aromatic rings. The number of methoxy groups -OCH3 is 1.